The lowest BCUT2D eigenvalue weighted by Crippen LogP contribution is -2.43. The molecule has 2 aromatic rings. The summed E-state index contributed by atoms with van der Waals surface area (Å²) in [5.41, 5.74) is 1.78. The molecular formula is C20H27N3O3S. The van der Waals surface area contributed by atoms with E-state index in [4.69, 9.17) is 5.14 Å². The van der Waals surface area contributed by atoms with Gasteiger partial charge in [0.25, 0.3) is 0 Å². The van der Waals surface area contributed by atoms with Crippen molar-refractivity contribution in [2.75, 3.05) is 18.5 Å². The number of para-hydroxylation sites is 1. The fraction of sp³-hybridized carbons (Fsp3) is 0.350. The highest BCUT2D eigenvalue weighted by Gasteiger charge is 2.22. The molecule has 0 heterocycles. The lowest BCUT2D eigenvalue weighted by atomic mass is 10.1. The number of rotatable bonds is 7. The Morgan fingerprint density at radius 3 is 2.04 bits per heavy atom. The van der Waals surface area contributed by atoms with Gasteiger partial charge in [-0.3, -0.25) is 9.69 Å². The van der Waals surface area contributed by atoms with Crippen LogP contribution in [0.1, 0.15) is 32.4 Å². The molecule has 0 aromatic heterocycles. The van der Waals surface area contributed by atoms with Crippen LogP contribution in [0.25, 0.3) is 0 Å². The van der Waals surface area contributed by atoms with Crippen LogP contribution in [-0.2, 0) is 14.8 Å². The minimum Gasteiger partial charge on any atom is -0.309 e. The Morgan fingerprint density at radius 2 is 1.56 bits per heavy atom. The van der Waals surface area contributed by atoms with Crippen molar-refractivity contribution in [1.29, 1.82) is 0 Å². The summed E-state index contributed by atoms with van der Waals surface area (Å²) in [5, 5.41) is 5.14. The van der Waals surface area contributed by atoms with Gasteiger partial charge in [-0.2, -0.15) is 0 Å². The van der Waals surface area contributed by atoms with E-state index < -0.39 is 10.0 Å². The van der Waals surface area contributed by atoms with Crippen LogP contribution in [0.3, 0.4) is 0 Å². The highest BCUT2D eigenvalue weighted by atomic mass is 32.2. The lowest BCUT2D eigenvalue weighted by molar-refractivity contribution is -0.120. The maximum Gasteiger partial charge on any atom is 0.241 e. The van der Waals surface area contributed by atoms with E-state index in [0.717, 1.165) is 11.3 Å². The second kappa shape index (κ2) is 8.65. The standard InChI is InChI=1S/C20H27N3O3S/c1-15(2)23(18-8-6-5-7-9-18)20(24)14-22(4)16(3)17-10-12-19(13-11-17)27(21,25)26/h5-13,15-16H,14H2,1-4H3,(H2,21,25,26). The Bertz CT molecular complexity index is 865. The maximum absolute atomic E-state index is 12.9. The molecule has 0 radical (unpaired) electrons. The summed E-state index contributed by atoms with van der Waals surface area (Å²) >= 11 is 0. The van der Waals surface area contributed by atoms with Crippen LogP contribution >= 0.6 is 0 Å². The third-order valence-electron chi connectivity index (χ3n) is 4.56. The van der Waals surface area contributed by atoms with Crippen molar-refractivity contribution in [1.82, 2.24) is 4.90 Å². The minimum atomic E-state index is -3.71. The van der Waals surface area contributed by atoms with Crippen molar-refractivity contribution in [2.45, 2.75) is 37.8 Å². The number of hydrogen-bond acceptors (Lipinski definition) is 4. The van der Waals surface area contributed by atoms with Gasteiger partial charge in [-0.05, 0) is 57.6 Å². The Kier molecular flexibility index (Phi) is 6.75. The SMILES string of the molecule is CC(c1ccc(S(N)(=O)=O)cc1)N(C)CC(=O)N(c1ccccc1)C(C)C. The molecule has 0 aliphatic heterocycles. The number of nitrogens with zero attached hydrogens (tertiary/aromatic N) is 2. The largest absolute Gasteiger partial charge is 0.309 e. The molecule has 1 amide bonds. The molecule has 0 aliphatic rings. The summed E-state index contributed by atoms with van der Waals surface area (Å²) in [7, 11) is -1.84. The highest BCUT2D eigenvalue weighted by Crippen LogP contribution is 2.22. The number of hydrogen-bond donors (Lipinski definition) is 1. The third kappa shape index (κ3) is 5.38. The van der Waals surface area contributed by atoms with Crippen molar-refractivity contribution in [3.63, 3.8) is 0 Å². The molecule has 0 aliphatic carbocycles. The molecule has 0 bridgehead atoms. The number of amides is 1. The van der Waals surface area contributed by atoms with Crippen molar-refractivity contribution < 1.29 is 13.2 Å². The van der Waals surface area contributed by atoms with E-state index in [-0.39, 0.29) is 29.4 Å². The normalized spacial score (nSPS) is 13.0. The number of carbonyl (C=O) groups is 1. The van der Waals surface area contributed by atoms with E-state index in [1.165, 1.54) is 12.1 Å². The molecule has 0 saturated heterocycles. The molecule has 0 spiro atoms. The van der Waals surface area contributed by atoms with E-state index in [2.05, 4.69) is 0 Å². The van der Waals surface area contributed by atoms with E-state index in [9.17, 15) is 13.2 Å². The van der Waals surface area contributed by atoms with Gasteiger partial charge in [-0.1, -0.05) is 30.3 Å². The quantitative estimate of drug-likeness (QED) is 0.789. The first kappa shape index (κ1) is 21.1. The molecule has 2 aromatic carbocycles. The minimum absolute atomic E-state index is 0.00621. The van der Waals surface area contributed by atoms with E-state index in [1.807, 2.05) is 63.1 Å². The highest BCUT2D eigenvalue weighted by molar-refractivity contribution is 7.89. The molecule has 0 saturated carbocycles. The summed E-state index contributed by atoms with van der Waals surface area (Å²) in [4.78, 5) is 16.7. The van der Waals surface area contributed by atoms with E-state index >= 15 is 0 Å². The number of likely N-dealkylation sites (N-methyl/N-ethyl adjacent to an activating group) is 1. The van der Waals surface area contributed by atoms with Gasteiger partial charge in [0, 0.05) is 17.8 Å². The number of benzene rings is 2. The number of primary sulfonamides is 1. The van der Waals surface area contributed by atoms with Gasteiger partial charge in [0.05, 0.1) is 11.4 Å². The second-order valence-corrected chi connectivity index (χ2v) is 8.46. The first-order valence-corrected chi connectivity index (χ1v) is 10.4. The molecule has 6 nitrogen and oxygen atoms in total. The third-order valence-corrected chi connectivity index (χ3v) is 5.49. The molecule has 2 rings (SSSR count). The zero-order valence-electron chi connectivity index (χ0n) is 16.2. The predicted octanol–water partition coefficient (Wildman–Crippen LogP) is 2.77. The first-order chi connectivity index (χ1) is 12.6. The van der Waals surface area contributed by atoms with Crippen molar-refractivity contribution in [3.05, 3.63) is 60.2 Å². The molecular weight excluding hydrogens is 362 g/mol. The van der Waals surface area contributed by atoms with Crippen LogP contribution in [0.4, 0.5) is 5.69 Å². The molecule has 1 atom stereocenters. The Balaban J connectivity index is 2.12. The van der Waals surface area contributed by atoms with Gasteiger partial charge < -0.3 is 4.90 Å². The van der Waals surface area contributed by atoms with Gasteiger partial charge in [-0.25, -0.2) is 13.6 Å². The van der Waals surface area contributed by atoms with Crippen LogP contribution in [0.15, 0.2) is 59.5 Å². The fourth-order valence-electron chi connectivity index (χ4n) is 2.94. The van der Waals surface area contributed by atoms with Crippen molar-refractivity contribution in [2.24, 2.45) is 5.14 Å². The number of carbonyl (C=O) groups excluding carboxylic acids is 1. The fourth-order valence-corrected chi connectivity index (χ4v) is 3.45. The molecule has 27 heavy (non-hydrogen) atoms. The zero-order chi connectivity index (χ0) is 20.2. The summed E-state index contributed by atoms with van der Waals surface area (Å²) in [6, 6.07) is 16.0. The van der Waals surface area contributed by atoms with Crippen LogP contribution < -0.4 is 10.0 Å². The Morgan fingerprint density at radius 1 is 1.00 bits per heavy atom. The van der Waals surface area contributed by atoms with Gasteiger partial charge in [-0.15, -0.1) is 0 Å². The topological polar surface area (TPSA) is 83.7 Å². The molecule has 1 unspecified atom stereocenters. The molecule has 2 N–H and O–H groups in total. The number of nitrogens with two attached hydrogens (primary N) is 1. The lowest BCUT2D eigenvalue weighted by Gasteiger charge is -2.31. The van der Waals surface area contributed by atoms with Crippen LogP contribution in [0, 0.1) is 0 Å². The smallest absolute Gasteiger partial charge is 0.241 e. The van der Waals surface area contributed by atoms with Gasteiger partial charge >= 0.3 is 0 Å². The monoisotopic (exact) mass is 389 g/mol. The Labute approximate surface area is 161 Å². The van der Waals surface area contributed by atoms with Crippen molar-refractivity contribution >= 4 is 21.6 Å². The van der Waals surface area contributed by atoms with E-state index in [0.29, 0.717) is 0 Å². The van der Waals surface area contributed by atoms with E-state index in [1.54, 1.807) is 17.0 Å². The zero-order valence-corrected chi connectivity index (χ0v) is 17.0. The summed E-state index contributed by atoms with van der Waals surface area (Å²) in [5.74, 6) is 0.00621. The maximum atomic E-state index is 12.9. The average molecular weight is 390 g/mol. The summed E-state index contributed by atoms with van der Waals surface area (Å²) in [6.45, 7) is 6.19. The predicted molar refractivity (Wildman–Crippen MR) is 108 cm³/mol. The van der Waals surface area contributed by atoms with Crippen LogP contribution in [0.2, 0.25) is 0 Å². The van der Waals surface area contributed by atoms with Gasteiger partial charge in [0.2, 0.25) is 15.9 Å². The van der Waals surface area contributed by atoms with Gasteiger partial charge in [0.15, 0.2) is 0 Å². The molecule has 0 fully saturated rings. The average Bonchev–Trinajstić information content (AvgIpc) is 2.61. The summed E-state index contributed by atoms with van der Waals surface area (Å²) < 4.78 is 22.8. The van der Waals surface area contributed by atoms with Crippen molar-refractivity contribution in [3.8, 4) is 0 Å². The Hall–Kier alpha value is -2.22. The second-order valence-electron chi connectivity index (χ2n) is 6.90. The number of anilines is 1. The molecule has 146 valence electrons. The van der Waals surface area contributed by atoms with Crippen LogP contribution in [-0.4, -0.2) is 38.9 Å². The van der Waals surface area contributed by atoms with Gasteiger partial charge in [0.1, 0.15) is 0 Å². The summed E-state index contributed by atoms with van der Waals surface area (Å²) in [6.07, 6.45) is 0. The number of sulfonamides is 1. The van der Waals surface area contributed by atoms with Crippen LogP contribution in [0.5, 0.6) is 0 Å². The first-order valence-electron chi connectivity index (χ1n) is 8.81. The molecule has 7 heteroatoms.